The van der Waals surface area contributed by atoms with Crippen LogP contribution in [0.2, 0.25) is 0 Å². The number of benzene rings is 2. The van der Waals surface area contributed by atoms with Gasteiger partial charge in [0.05, 0.1) is 17.8 Å². The maximum Gasteiger partial charge on any atom is 0.336 e. The van der Waals surface area contributed by atoms with Gasteiger partial charge < -0.3 is 19.1 Å². The number of esters is 3. The molecule has 3 rings (SSSR count). The minimum atomic E-state index is -0.513. The maximum absolute atomic E-state index is 13.3. The quantitative estimate of drug-likeness (QED) is 0.265. The molecule has 1 aliphatic heterocycles. The van der Waals surface area contributed by atoms with Gasteiger partial charge in [-0.3, -0.25) is 4.79 Å². The summed E-state index contributed by atoms with van der Waals surface area (Å²) >= 11 is 0. The third-order valence-electron chi connectivity index (χ3n) is 6.15. The van der Waals surface area contributed by atoms with E-state index in [4.69, 9.17) is 14.2 Å². The molecule has 2 aromatic carbocycles. The first kappa shape index (κ1) is 26.7. The highest BCUT2D eigenvalue weighted by atomic mass is 16.5. The third kappa shape index (κ3) is 6.84. The summed E-state index contributed by atoms with van der Waals surface area (Å²) in [7, 11) is 0. The zero-order valence-electron chi connectivity index (χ0n) is 21.3. The van der Waals surface area contributed by atoms with Crippen LogP contribution in [0, 0.1) is 5.92 Å². The number of hydrogen-bond acceptors (Lipinski definition) is 7. The van der Waals surface area contributed by atoms with E-state index in [1.165, 1.54) is 6.92 Å². The monoisotopic (exact) mass is 491 g/mol. The molecular weight excluding hydrogens is 458 g/mol. The van der Waals surface area contributed by atoms with Gasteiger partial charge in [0.25, 0.3) is 0 Å². The van der Waals surface area contributed by atoms with Crippen molar-refractivity contribution in [2.24, 2.45) is 5.92 Å². The Kier molecular flexibility index (Phi) is 9.45. The highest BCUT2D eigenvalue weighted by Crippen LogP contribution is 2.36. The van der Waals surface area contributed by atoms with Gasteiger partial charge in [0.1, 0.15) is 13.2 Å². The normalized spacial score (nSPS) is 14.1. The highest BCUT2D eigenvalue weighted by Gasteiger charge is 2.37. The van der Waals surface area contributed by atoms with Crippen LogP contribution in [0.5, 0.6) is 0 Å². The number of nitrogens with zero attached hydrogens (tertiary/aromatic N) is 1. The Hall–Kier alpha value is -3.87. The first-order valence-electron chi connectivity index (χ1n) is 12.0. The number of allylic oxidation sites excluding steroid dienone is 2. The second-order valence-electron chi connectivity index (χ2n) is 8.69. The number of carbonyl (C=O) groups excluding carboxylic acids is 3. The molecule has 0 saturated carbocycles. The van der Waals surface area contributed by atoms with E-state index in [2.05, 4.69) is 0 Å². The average Bonchev–Trinajstić information content (AvgIpc) is 2.86. The van der Waals surface area contributed by atoms with E-state index in [-0.39, 0.29) is 25.8 Å². The van der Waals surface area contributed by atoms with Crippen molar-refractivity contribution in [2.75, 3.05) is 13.2 Å². The van der Waals surface area contributed by atoms with Crippen molar-refractivity contribution in [3.8, 4) is 0 Å². The molecule has 0 atom stereocenters. The van der Waals surface area contributed by atoms with E-state index in [1.807, 2.05) is 86.3 Å². The Bertz CT molecular complexity index is 1060. The van der Waals surface area contributed by atoms with Gasteiger partial charge in [0, 0.05) is 30.8 Å². The molecule has 36 heavy (non-hydrogen) atoms. The second kappa shape index (κ2) is 12.7. The van der Waals surface area contributed by atoms with Crippen LogP contribution in [0.1, 0.15) is 45.2 Å². The summed E-state index contributed by atoms with van der Waals surface area (Å²) < 4.78 is 16.3. The molecular formula is C29H33NO6. The molecule has 0 amide bonds. The fraction of sp³-hybridized carbons (Fsp3) is 0.345. The molecule has 7 nitrogen and oxygen atoms in total. The van der Waals surface area contributed by atoms with Crippen molar-refractivity contribution in [3.05, 3.63) is 94.3 Å². The summed E-state index contributed by atoms with van der Waals surface area (Å²) in [5, 5.41) is 0. The molecule has 0 fully saturated rings. The first-order valence-corrected chi connectivity index (χ1v) is 12.0. The van der Waals surface area contributed by atoms with Crippen molar-refractivity contribution < 1.29 is 28.6 Å². The zero-order valence-corrected chi connectivity index (χ0v) is 21.3. The summed E-state index contributed by atoms with van der Waals surface area (Å²) in [5.74, 6) is -1.82. The summed E-state index contributed by atoms with van der Waals surface area (Å²) in [6.07, 6.45) is 0.529. The Morgan fingerprint density at radius 1 is 0.750 bits per heavy atom. The zero-order chi connectivity index (χ0) is 26.1. The predicted molar refractivity (Wildman–Crippen MR) is 135 cm³/mol. The Labute approximate surface area is 212 Å². The Morgan fingerprint density at radius 2 is 1.19 bits per heavy atom. The minimum Gasteiger partial charge on any atom is -0.466 e. The summed E-state index contributed by atoms with van der Waals surface area (Å²) in [5.41, 5.74) is 3.99. The van der Waals surface area contributed by atoms with Crippen LogP contribution in [0.15, 0.2) is 83.2 Å². The standard InChI is InChI=1S/C29H33NO6/c1-20-26(28(32)35-18-24-12-7-5-8-13-24)21(2)30(16-11-17-34-23(4)31)22(3)27(20)29(33)36-19-25-14-9-6-10-15-25/h5-10,12-15,20H,11,16-19H2,1-4H3. The fourth-order valence-electron chi connectivity index (χ4n) is 4.34. The number of carbonyl (C=O) groups is 3. The lowest BCUT2D eigenvalue weighted by atomic mass is 9.86. The highest BCUT2D eigenvalue weighted by molar-refractivity contribution is 5.97. The first-order chi connectivity index (χ1) is 17.3. The molecule has 1 heterocycles. The SMILES string of the molecule is CC(=O)OCCCN1C(C)=C(C(=O)OCc2ccccc2)C(C)C(C(=O)OCc2ccccc2)=C1C. The maximum atomic E-state index is 13.3. The van der Waals surface area contributed by atoms with Crippen LogP contribution < -0.4 is 0 Å². The van der Waals surface area contributed by atoms with Gasteiger partial charge in [-0.2, -0.15) is 0 Å². The van der Waals surface area contributed by atoms with Crippen LogP contribution in [-0.4, -0.2) is 36.0 Å². The molecule has 0 aromatic heterocycles. The van der Waals surface area contributed by atoms with Crippen LogP contribution >= 0.6 is 0 Å². The van der Waals surface area contributed by atoms with Gasteiger partial charge in [-0.25, -0.2) is 9.59 Å². The Morgan fingerprint density at radius 3 is 1.61 bits per heavy atom. The summed E-state index contributed by atoms with van der Waals surface area (Å²) in [6, 6.07) is 18.9. The van der Waals surface area contributed by atoms with Gasteiger partial charge in [0.2, 0.25) is 0 Å². The van der Waals surface area contributed by atoms with Crippen molar-refractivity contribution in [1.29, 1.82) is 0 Å². The molecule has 190 valence electrons. The molecule has 7 heteroatoms. The molecule has 0 saturated heterocycles. The van der Waals surface area contributed by atoms with Crippen molar-refractivity contribution in [2.45, 2.75) is 47.3 Å². The molecule has 0 aliphatic carbocycles. The van der Waals surface area contributed by atoms with Crippen LogP contribution in [-0.2, 0) is 41.8 Å². The number of rotatable bonds is 10. The average molecular weight is 492 g/mol. The molecule has 2 aromatic rings. The smallest absolute Gasteiger partial charge is 0.336 e. The number of hydrogen-bond donors (Lipinski definition) is 0. The predicted octanol–water partition coefficient (Wildman–Crippen LogP) is 4.93. The molecule has 0 bridgehead atoms. The summed E-state index contributed by atoms with van der Waals surface area (Å²) in [4.78, 5) is 39.6. The molecule has 1 aliphatic rings. The van der Waals surface area contributed by atoms with E-state index >= 15 is 0 Å². The lowest BCUT2D eigenvalue weighted by molar-refractivity contribution is -0.142. The van der Waals surface area contributed by atoms with Gasteiger partial charge in [-0.15, -0.1) is 0 Å². The molecule has 0 radical (unpaired) electrons. The third-order valence-corrected chi connectivity index (χ3v) is 6.15. The van der Waals surface area contributed by atoms with Gasteiger partial charge in [-0.05, 0) is 31.4 Å². The minimum absolute atomic E-state index is 0.131. The largest absolute Gasteiger partial charge is 0.466 e. The summed E-state index contributed by atoms with van der Waals surface area (Å²) in [6.45, 7) is 7.83. The van der Waals surface area contributed by atoms with Crippen LogP contribution in [0.4, 0.5) is 0 Å². The van der Waals surface area contributed by atoms with Gasteiger partial charge in [0.15, 0.2) is 0 Å². The topological polar surface area (TPSA) is 82.1 Å². The van der Waals surface area contributed by atoms with E-state index in [9.17, 15) is 14.4 Å². The van der Waals surface area contributed by atoms with Crippen LogP contribution in [0.25, 0.3) is 0 Å². The second-order valence-corrected chi connectivity index (χ2v) is 8.69. The van der Waals surface area contributed by atoms with E-state index < -0.39 is 17.9 Å². The van der Waals surface area contributed by atoms with Crippen molar-refractivity contribution >= 4 is 17.9 Å². The van der Waals surface area contributed by atoms with Gasteiger partial charge in [-0.1, -0.05) is 67.6 Å². The van der Waals surface area contributed by atoms with Crippen LogP contribution in [0.3, 0.4) is 0 Å². The molecule has 0 unspecified atom stereocenters. The van der Waals surface area contributed by atoms with Crippen molar-refractivity contribution in [3.63, 3.8) is 0 Å². The van der Waals surface area contributed by atoms with Gasteiger partial charge >= 0.3 is 17.9 Å². The van der Waals surface area contributed by atoms with E-state index in [1.54, 1.807) is 0 Å². The van der Waals surface area contributed by atoms with E-state index in [0.717, 1.165) is 11.1 Å². The molecule has 0 N–H and O–H groups in total. The number of ether oxygens (including phenoxy) is 3. The molecule has 0 spiro atoms. The lowest BCUT2D eigenvalue weighted by Gasteiger charge is -2.36. The fourth-order valence-corrected chi connectivity index (χ4v) is 4.34. The Balaban J connectivity index is 1.83. The van der Waals surface area contributed by atoms with Crippen molar-refractivity contribution in [1.82, 2.24) is 4.90 Å². The van der Waals surface area contributed by atoms with E-state index in [0.29, 0.717) is 35.5 Å². The lowest BCUT2D eigenvalue weighted by Crippen LogP contribution is -2.36.